The van der Waals surface area contributed by atoms with Crippen LogP contribution in [0.3, 0.4) is 0 Å². The summed E-state index contributed by atoms with van der Waals surface area (Å²) in [5.41, 5.74) is 0.988. The second-order valence-electron chi connectivity index (χ2n) is 3.47. The monoisotopic (exact) mass is 255 g/mol. The quantitative estimate of drug-likeness (QED) is 0.874. The number of aromatic nitrogens is 2. The predicted octanol–water partition coefficient (Wildman–Crippen LogP) is 3.89. The van der Waals surface area contributed by atoms with E-state index in [1.165, 1.54) is 0 Å². The molecule has 5 heteroatoms. The first-order valence-corrected chi connectivity index (χ1v) is 5.63. The van der Waals surface area contributed by atoms with Crippen molar-refractivity contribution in [1.82, 2.24) is 9.97 Å². The molecule has 0 fully saturated rings. The molecular formula is C11H11Cl2N3. The van der Waals surface area contributed by atoms with E-state index < -0.39 is 0 Å². The molecule has 16 heavy (non-hydrogen) atoms. The number of aromatic amines is 1. The summed E-state index contributed by atoms with van der Waals surface area (Å²) < 4.78 is 0. The molecule has 1 atom stereocenters. The third-order valence-corrected chi connectivity index (χ3v) is 2.84. The maximum Gasteiger partial charge on any atom is 0.200 e. The molecule has 0 aliphatic rings. The zero-order valence-electron chi connectivity index (χ0n) is 8.67. The van der Waals surface area contributed by atoms with E-state index in [0.29, 0.717) is 10.0 Å². The van der Waals surface area contributed by atoms with E-state index in [2.05, 4.69) is 15.3 Å². The van der Waals surface area contributed by atoms with Crippen molar-refractivity contribution in [2.75, 3.05) is 5.32 Å². The average Bonchev–Trinajstić information content (AvgIpc) is 2.70. The van der Waals surface area contributed by atoms with E-state index in [1.54, 1.807) is 18.5 Å². The lowest BCUT2D eigenvalue weighted by Crippen LogP contribution is -2.08. The number of imidazole rings is 1. The number of nitrogens with zero attached hydrogens (tertiary/aromatic N) is 1. The van der Waals surface area contributed by atoms with Crippen LogP contribution in [0.15, 0.2) is 30.6 Å². The van der Waals surface area contributed by atoms with Crippen LogP contribution in [0, 0.1) is 0 Å². The fourth-order valence-electron chi connectivity index (χ4n) is 1.48. The Morgan fingerprint density at radius 1 is 1.38 bits per heavy atom. The first kappa shape index (κ1) is 11.3. The number of anilines is 1. The molecule has 0 aliphatic carbocycles. The summed E-state index contributed by atoms with van der Waals surface area (Å²) in [6.07, 6.45) is 3.46. The fourth-order valence-corrected chi connectivity index (χ4v) is 2.05. The van der Waals surface area contributed by atoms with Gasteiger partial charge in [0.1, 0.15) is 0 Å². The maximum absolute atomic E-state index is 6.11. The van der Waals surface area contributed by atoms with E-state index in [9.17, 15) is 0 Å². The molecule has 1 unspecified atom stereocenters. The van der Waals surface area contributed by atoms with Gasteiger partial charge in [-0.05, 0) is 24.6 Å². The Morgan fingerprint density at radius 3 is 2.81 bits per heavy atom. The summed E-state index contributed by atoms with van der Waals surface area (Å²) in [4.78, 5) is 7.07. The maximum atomic E-state index is 6.11. The second kappa shape index (κ2) is 4.76. The Bertz CT molecular complexity index is 468. The molecular weight excluding hydrogens is 245 g/mol. The predicted molar refractivity (Wildman–Crippen MR) is 67.1 cm³/mol. The van der Waals surface area contributed by atoms with Gasteiger partial charge in [0, 0.05) is 22.4 Å². The number of H-pyrrole nitrogens is 1. The minimum Gasteiger partial charge on any atom is -0.349 e. The van der Waals surface area contributed by atoms with Crippen molar-refractivity contribution in [2.24, 2.45) is 0 Å². The van der Waals surface area contributed by atoms with Gasteiger partial charge in [-0.25, -0.2) is 4.98 Å². The van der Waals surface area contributed by atoms with E-state index in [1.807, 2.05) is 19.1 Å². The molecule has 2 rings (SSSR count). The average molecular weight is 256 g/mol. The summed E-state index contributed by atoms with van der Waals surface area (Å²) in [5, 5.41) is 4.49. The van der Waals surface area contributed by atoms with Crippen LogP contribution in [0.25, 0.3) is 0 Å². The standard InChI is InChI=1S/C11H11Cl2N3/c1-7(16-11-14-4-5-15-11)9-3-2-8(12)6-10(9)13/h2-7H,1H3,(H2,14,15,16). The normalized spacial score (nSPS) is 12.4. The largest absolute Gasteiger partial charge is 0.349 e. The Balaban J connectivity index is 2.17. The van der Waals surface area contributed by atoms with Crippen LogP contribution in [-0.2, 0) is 0 Å². The van der Waals surface area contributed by atoms with Gasteiger partial charge >= 0.3 is 0 Å². The highest BCUT2D eigenvalue weighted by Crippen LogP contribution is 2.27. The summed E-state index contributed by atoms with van der Waals surface area (Å²) in [6, 6.07) is 5.53. The first-order valence-electron chi connectivity index (χ1n) is 4.87. The summed E-state index contributed by atoms with van der Waals surface area (Å²) >= 11 is 12.0. The molecule has 2 N–H and O–H groups in total. The highest BCUT2D eigenvalue weighted by Gasteiger charge is 2.10. The van der Waals surface area contributed by atoms with Crippen LogP contribution >= 0.6 is 23.2 Å². The van der Waals surface area contributed by atoms with Crippen LogP contribution in [0.5, 0.6) is 0 Å². The lowest BCUT2D eigenvalue weighted by Gasteiger charge is -2.15. The van der Waals surface area contributed by atoms with Crippen LogP contribution in [0.4, 0.5) is 5.95 Å². The third-order valence-electron chi connectivity index (χ3n) is 2.28. The zero-order valence-corrected chi connectivity index (χ0v) is 10.2. The van der Waals surface area contributed by atoms with Crippen molar-refractivity contribution in [1.29, 1.82) is 0 Å². The van der Waals surface area contributed by atoms with E-state index in [4.69, 9.17) is 23.2 Å². The molecule has 0 aliphatic heterocycles. The van der Waals surface area contributed by atoms with Gasteiger partial charge in [0.2, 0.25) is 5.95 Å². The molecule has 84 valence electrons. The van der Waals surface area contributed by atoms with Crippen LogP contribution in [-0.4, -0.2) is 9.97 Å². The SMILES string of the molecule is CC(Nc1ncc[nH]1)c1ccc(Cl)cc1Cl. The van der Waals surface area contributed by atoms with Crippen LogP contribution in [0.1, 0.15) is 18.5 Å². The number of halogens is 2. The fraction of sp³-hybridized carbons (Fsp3) is 0.182. The first-order chi connectivity index (χ1) is 7.66. The highest BCUT2D eigenvalue weighted by molar-refractivity contribution is 6.35. The lowest BCUT2D eigenvalue weighted by atomic mass is 10.1. The summed E-state index contributed by atoms with van der Waals surface area (Å²) in [7, 11) is 0. The number of nitrogens with one attached hydrogen (secondary N) is 2. The lowest BCUT2D eigenvalue weighted by molar-refractivity contribution is 0.868. The van der Waals surface area contributed by atoms with E-state index in [-0.39, 0.29) is 6.04 Å². The topological polar surface area (TPSA) is 40.7 Å². The van der Waals surface area contributed by atoms with Gasteiger partial charge in [0.15, 0.2) is 0 Å². The van der Waals surface area contributed by atoms with Gasteiger partial charge in [0.25, 0.3) is 0 Å². The van der Waals surface area contributed by atoms with Gasteiger partial charge < -0.3 is 10.3 Å². The van der Waals surface area contributed by atoms with Crippen molar-refractivity contribution in [3.8, 4) is 0 Å². The highest BCUT2D eigenvalue weighted by atomic mass is 35.5. The third kappa shape index (κ3) is 2.49. The molecule has 0 amide bonds. The molecule has 0 saturated heterocycles. The Labute approximate surface area is 104 Å². The van der Waals surface area contributed by atoms with Gasteiger partial charge in [-0.15, -0.1) is 0 Å². The van der Waals surface area contributed by atoms with Crippen molar-refractivity contribution < 1.29 is 0 Å². The van der Waals surface area contributed by atoms with Crippen molar-refractivity contribution in [3.63, 3.8) is 0 Å². The molecule has 1 heterocycles. The molecule has 0 spiro atoms. The minimum atomic E-state index is 0.0657. The van der Waals surface area contributed by atoms with Gasteiger partial charge in [-0.3, -0.25) is 0 Å². The van der Waals surface area contributed by atoms with Crippen molar-refractivity contribution in [3.05, 3.63) is 46.2 Å². The number of hydrogen-bond acceptors (Lipinski definition) is 2. The van der Waals surface area contributed by atoms with E-state index >= 15 is 0 Å². The number of rotatable bonds is 3. The Hall–Kier alpha value is -1.19. The second-order valence-corrected chi connectivity index (χ2v) is 4.31. The molecule has 2 aromatic rings. The smallest absolute Gasteiger partial charge is 0.200 e. The summed E-state index contributed by atoms with van der Waals surface area (Å²) in [6.45, 7) is 2.01. The molecule has 1 aromatic carbocycles. The summed E-state index contributed by atoms with van der Waals surface area (Å²) in [5.74, 6) is 0.721. The molecule has 0 saturated carbocycles. The molecule has 3 nitrogen and oxygen atoms in total. The van der Waals surface area contributed by atoms with Gasteiger partial charge in [0.05, 0.1) is 6.04 Å². The minimum absolute atomic E-state index is 0.0657. The van der Waals surface area contributed by atoms with Gasteiger partial charge in [-0.1, -0.05) is 29.3 Å². The molecule has 1 aromatic heterocycles. The number of benzene rings is 1. The van der Waals surface area contributed by atoms with E-state index in [0.717, 1.165) is 11.5 Å². The molecule has 0 radical (unpaired) electrons. The van der Waals surface area contributed by atoms with Gasteiger partial charge in [-0.2, -0.15) is 0 Å². The molecule has 0 bridgehead atoms. The van der Waals surface area contributed by atoms with Crippen LogP contribution < -0.4 is 5.32 Å². The Morgan fingerprint density at radius 2 is 2.19 bits per heavy atom. The number of hydrogen-bond donors (Lipinski definition) is 2. The van der Waals surface area contributed by atoms with Crippen LogP contribution in [0.2, 0.25) is 10.0 Å². The van der Waals surface area contributed by atoms with Crippen molar-refractivity contribution >= 4 is 29.2 Å². The zero-order chi connectivity index (χ0) is 11.5. The van der Waals surface area contributed by atoms with Crippen molar-refractivity contribution in [2.45, 2.75) is 13.0 Å². The Kier molecular flexibility index (Phi) is 3.36.